The molecule has 0 spiro atoms. The quantitative estimate of drug-likeness (QED) is 0.791. The molecule has 0 unspecified atom stereocenters. The van der Waals surface area contributed by atoms with E-state index in [4.69, 9.17) is 11.6 Å². The van der Waals surface area contributed by atoms with Crippen LogP contribution in [-0.2, 0) is 0 Å². The minimum Gasteiger partial charge on any atom is -0.236 e. The van der Waals surface area contributed by atoms with Gasteiger partial charge >= 0.3 is 0 Å². The van der Waals surface area contributed by atoms with Gasteiger partial charge in [0.25, 0.3) is 0 Å². The van der Waals surface area contributed by atoms with Gasteiger partial charge in [-0.05, 0) is 36.3 Å². The Morgan fingerprint density at radius 1 is 1.14 bits per heavy atom. The molecule has 1 N–H and O–H groups in total. The summed E-state index contributed by atoms with van der Waals surface area (Å²) in [6.07, 6.45) is 4.05. The summed E-state index contributed by atoms with van der Waals surface area (Å²) in [6, 6.07) is 7.84. The second kappa shape index (κ2) is 5.66. The fourth-order valence-electron chi connectivity index (χ4n) is 2.03. The van der Waals surface area contributed by atoms with Crippen molar-refractivity contribution in [3.63, 3.8) is 0 Å². The minimum atomic E-state index is 0.440. The number of hydrogen-bond acceptors (Lipinski definition) is 6. The van der Waals surface area contributed by atoms with E-state index in [1.54, 1.807) is 0 Å². The van der Waals surface area contributed by atoms with Crippen LogP contribution in [0.2, 0.25) is 5.02 Å². The Hall–Kier alpha value is -1.99. The molecule has 0 radical (unpaired) electrons. The highest BCUT2D eigenvalue weighted by Gasteiger charge is 2.23. The number of halogens is 1. The lowest BCUT2D eigenvalue weighted by Crippen LogP contribution is -1.91. The zero-order valence-electron chi connectivity index (χ0n) is 11.4. The van der Waals surface area contributed by atoms with Crippen LogP contribution in [-0.4, -0.2) is 35.8 Å². The monoisotopic (exact) mass is 330 g/mol. The molecule has 110 valence electrons. The van der Waals surface area contributed by atoms with Crippen molar-refractivity contribution in [2.24, 2.45) is 0 Å². The summed E-state index contributed by atoms with van der Waals surface area (Å²) >= 11 is 8.23. The molecule has 2 aromatic heterocycles. The number of benzene rings is 1. The van der Waals surface area contributed by atoms with E-state index in [0.29, 0.717) is 11.5 Å². The number of nitrogens with one attached hydrogen (secondary N) is 1. The molecule has 1 saturated carbocycles. The number of tetrazole rings is 1. The summed E-state index contributed by atoms with van der Waals surface area (Å²) in [5.41, 5.74) is 2.34. The lowest BCUT2D eigenvalue weighted by molar-refractivity contribution is 0.881. The summed E-state index contributed by atoms with van der Waals surface area (Å²) in [6.45, 7) is 0. The molecule has 1 aliphatic carbocycles. The van der Waals surface area contributed by atoms with Gasteiger partial charge in [-0.15, -0.1) is 22.0 Å². The number of thioether (sulfide) groups is 1. The molecule has 1 aliphatic rings. The topological polar surface area (TPSA) is 80.2 Å². The average Bonchev–Trinajstić information content (AvgIpc) is 3.19. The van der Waals surface area contributed by atoms with Gasteiger partial charge in [-0.3, -0.25) is 0 Å². The standard InChI is InChI=1S/C14H11ClN6S/c15-10-5-8(1-4-13(10)22-9-2-3-9)11-6-12(17-7-16-11)14-18-20-21-19-14/h1,4-7,9H,2-3H2,(H,18,19,20,21). The van der Waals surface area contributed by atoms with Crippen LogP contribution < -0.4 is 0 Å². The van der Waals surface area contributed by atoms with E-state index in [2.05, 4.69) is 36.7 Å². The predicted molar refractivity (Wildman–Crippen MR) is 84.5 cm³/mol. The fourth-order valence-corrected chi connectivity index (χ4v) is 3.39. The minimum absolute atomic E-state index is 0.440. The van der Waals surface area contributed by atoms with Crippen molar-refractivity contribution in [3.05, 3.63) is 35.6 Å². The number of rotatable bonds is 4. The molecule has 1 fully saturated rings. The Bertz CT molecular complexity index is 803. The number of H-pyrrole nitrogens is 1. The van der Waals surface area contributed by atoms with Crippen molar-refractivity contribution < 1.29 is 0 Å². The molecule has 4 rings (SSSR count). The zero-order valence-corrected chi connectivity index (χ0v) is 13.0. The van der Waals surface area contributed by atoms with Gasteiger partial charge in [0.15, 0.2) is 0 Å². The number of hydrogen-bond donors (Lipinski definition) is 1. The number of aromatic amines is 1. The molecule has 6 nitrogen and oxygen atoms in total. The summed E-state index contributed by atoms with van der Waals surface area (Å²) in [7, 11) is 0. The maximum Gasteiger partial charge on any atom is 0.223 e. The third-order valence-corrected chi connectivity index (χ3v) is 5.13. The molecule has 22 heavy (non-hydrogen) atoms. The molecular weight excluding hydrogens is 320 g/mol. The van der Waals surface area contributed by atoms with E-state index < -0.39 is 0 Å². The predicted octanol–water partition coefficient (Wildman–Crippen LogP) is 3.23. The summed E-state index contributed by atoms with van der Waals surface area (Å²) in [5.74, 6) is 0.440. The van der Waals surface area contributed by atoms with Gasteiger partial charge in [0.05, 0.1) is 10.7 Å². The molecule has 2 heterocycles. The lowest BCUT2D eigenvalue weighted by atomic mass is 10.1. The Morgan fingerprint density at radius 2 is 2.00 bits per heavy atom. The van der Waals surface area contributed by atoms with E-state index in [0.717, 1.165) is 26.4 Å². The van der Waals surface area contributed by atoms with Crippen LogP contribution in [0.25, 0.3) is 22.8 Å². The van der Waals surface area contributed by atoms with Gasteiger partial charge in [-0.2, -0.15) is 5.21 Å². The normalized spacial score (nSPS) is 14.2. The van der Waals surface area contributed by atoms with Crippen molar-refractivity contribution >= 4 is 23.4 Å². The first-order chi connectivity index (χ1) is 10.8. The highest BCUT2D eigenvalue weighted by molar-refractivity contribution is 8.00. The van der Waals surface area contributed by atoms with E-state index in [1.807, 2.05) is 30.0 Å². The van der Waals surface area contributed by atoms with Crippen LogP contribution in [0.15, 0.2) is 35.5 Å². The van der Waals surface area contributed by atoms with Crippen molar-refractivity contribution in [3.8, 4) is 22.8 Å². The van der Waals surface area contributed by atoms with E-state index in [9.17, 15) is 0 Å². The first kappa shape index (κ1) is 13.7. The molecule has 3 aromatic rings. The molecule has 0 bridgehead atoms. The van der Waals surface area contributed by atoms with Crippen LogP contribution in [0.1, 0.15) is 12.8 Å². The third kappa shape index (κ3) is 2.82. The van der Waals surface area contributed by atoms with Crippen LogP contribution >= 0.6 is 23.4 Å². The second-order valence-corrected chi connectivity index (χ2v) is 6.74. The van der Waals surface area contributed by atoms with Crippen molar-refractivity contribution in [1.82, 2.24) is 30.6 Å². The van der Waals surface area contributed by atoms with E-state index in [1.165, 1.54) is 19.2 Å². The summed E-state index contributed by atoms with van der Waals surface area (Å²) in [4.78, 5) is 9.59. The van der Waals surface area contributed by atoms with Gasteiger partial charge in [0.2, 0.25) is 5.82 Å². The SMILES string of the molecule is Clc1cc(-c2cc(-c3nn[nH]n3)ncn2)ccc1SC1CC1. The number of aromatic nitrogens is 6. The van der Waals surface area contributed by atoms with Gasteiger partial charge < -0.3 is 0 Å². The van der Waals surface area contributed by atoms with Gasteiger partial charge in [0, 0.05) is 15.7 Å². The largest absolute Gasteiger partial charge is 0.236 e. The van der Waals surface area contributed by atoms with Crippen LogP contribution in [0.5, 0.6) is 0 Å². The first-order valence-corrected chi connectivity index (χ1v) is 8.08. The highest BCUT2D eigenvalue weighted by atomic mass is 35.5. The molecule has 1 aromatic carbocycles. The van der Waals surface area contributed by atoms with Crippen LogP contribution in [0.4, 0.5) is 0 Å². The maximum absolute atomic E-state index is 6.39. The number of nitrogens with zero attached hydrogens (tertiary/aromatic N) is 5. The van der Waals surface area contributed by atoms with Crippen molar-refractivity contribution in [2.75, 3.05) is 0 Å². The first-order valence-electron chi connectivity index (χ1n) is 6.82. The third-order valence-electron chi connectivity index (χ3n) is 3.29. The van der Waals surface area contributed by atoms with E-state index in [-0.39, 0.29) is 0 Å². The average molecular weight is 331 g/mol. The Kier molecular flexibility index (Phi) is 3.51. The van der Waals surface area contributed by atoms with Crippen LogP contribution in [0.3, 0.4) is 0 Å². The van der Waals surface area contributed by atoms with E-state index >= 15 is 0 Å². The molecule has 0 aliphatic heterocycles. The smallest absolute Gasteiger partial charge is 0.223 e. The Balaban J connectivity index is 1.66. The molecule has 0 atom stereocenters. The fraction of sp³-hybridized carbons (Fsp3) is 0.214. The summed E-state index contributed by atoms with van der Waals surface area (Å²) < 4.78 is 0. The summed E-state index contributed by atoms with van der Waals surface area (Å²) in [5, 5.41) is 15.3. The molecular formula is C14H11ClN6S. The molecule has 0 amide bonds. The van der Waals surface area contributed by atoms with Crippen molar-refractivity contribution in [2.45, 2.75) is 23.0 Å². The second-order valence-electron chi connectivity index (χ2n) is 4.99. The van der Waals surface area contributed by atoms with Crippen molar-refractivity contribution in [1.29, 1.82) is 0 Å². The molecule has 0 saturated heterocycles. The molecule has 8 heteroatoms. The van der Waals surface area contributed by atoms with Gasteiger partial charge in [-0.25, -0.2) is 9.97 Å². The Morgan fingerprint density at radius 3 is 2.73 bits per heavy atom. The van der Waals surface area contributed by atoms with Crippen LogP contribution in [0, 0.1) is 0 Å². The lowest BCUT2D eigenvalue weighted by Gasteiger charge is -2.06. The zero-order chi connectivity index (χ0) is 14.9. The van der Waals surface area contributed by atoms with Gasteiger partial charge in [0.1, 0.15) is 12.0 Å². The maximum atomic E-state index is 6.39. The van der Waals surface area contributed by atoms with Gasteiger partial charge in [-0.1, -0.05) is 17.7 Å². The highest BCUT2D eigenvalue weighted by Crippen LogP contribution is 2.42. The Labute approximate surface area is 135 Å².